The highest BCUT2D eigenvalue weighted by Gasteiger charge is 2.35. The number of hydrogen-bond acceptors (Lipinski definition) is 3. The fourth-order valence-corrected chi connectivity index (χ4v) is 5.48. The van der Waals surface area contributed by atoms with E-state index in [2.05, 4.69) is 32.0 Å². The maximum atomic E-state index is 5.93. The van der Waals surface area contributed by atoms with Gasteiger partial charge < -0.3 is 4.74 Å². The first kappa shape index (κ1) is 18.0. The second kappa shape index (κ2) is 8.10. The van der Waals surface area contributed by atoms with Gasteiger partial charge in [0.1, 0.15) is 12.3 Å². The lowest BCUT2D eigenvalue weighted by molar-refractivity contribution is 0.299. The molecule has 142 valence electrons. The molecule has 1 unspecified atom stereocenters. The molecule has 1 aromatic rings. The third-order valence-corrected chi connectivity index (χ3v) is 6.60. The van der Waals surface area contributed by atoms with E-state index in [1.807, 2.05) is 0 Å². The van der Waals surface area contributed by atoms with Gasteiger partial charge in [-0.2, -0.15) is 0 Å². The van der Waals surface area contributed by atoms with Crippen LogP contribution in [0.5, 0.6) is 0 Å². The number of aliphatic imine (C=N–C) groups is 1. The predicted octanol–water partition coefficient (Wildman–Crippen LogP) is 5.74. The van der Waals surface area contributed by atoms with E-state index >= 15 is 0 Å². The molecule has 0 bridgehead atoms. The second-order valence-electron chi connectivity index (χ2n) is 9.09. The van der Waals surface area contributed by atoms with Gasteiger partial charge in [-0.15, -0.1) is 0 Å². The summed E-state index contributed by atoms with van der Waals surface area (Å²) in [6.07, 6.45) is 12.3. The van der Waals surface area contributed by atoms with Crippen molar-refractivity contribution in [3.63, 3.8) is 0 Å². The summed E-state index contributed by atoms with van der Waals surface area (Å²) in [6.45, 7) is 5.22. The van der Waals surface area contributed by atoms with Crippen molar-refractivity contribution in [3.8, 4) is 0 Å². The first-order valence-electron chi connectivity index (χ1n) is 10.9. The van der Waals surface area contributed by atoms with Crippen LogP contribution in [0.15, 0.2) is 23.2 Å². The number of pyridine rings is 1. The van der Waals surface area contributed by atoms with E-state index in [9.17, 15) is 0 Å². The van der Waals surface area contributed by atoms with Gasteiger partial charge in [0.2, 0.25) is 5.90 Å². The van der Waals surface area contributed by atoms with E-state index in [1.54, 1.807) is 0 Å². The van der Waals surface area contributed by atoms with E-state index in [0.29, 0.717) is 24.5 Å². The van der Waals surface area contributed by atoms with E-state index in [0.717, 1.165) is 29.8 Å². The highest BCUT2D eigenvalue weighted by Crippen LogP contribution is 2.46. The van der Waals surface area contributed by atoms with E-state index in [1.165, 1.54) is 57.1 Å². The highest BCUT2D eigenvalue weighted by atomic mass is 16.5. The first-order valence-corrected chi connectivity index (χ1v) is 10.9. The molecule has 0 aromatic carbocycles. The zero-order valence-corrected chi connectivity index (χ0v) is 16.5. The zero-order chi connectivity index (χ0) is 17.9. The topological polar surface area (TPSA) is 34.5 Å². The van der Waals surface area contributed by atoms with Crippen LogP contribution in [-0.2, 0) is 4.74 Å². The molecule has 2 fully saturated rings. The molecular weight excluding hydrogens is 320 g/mol. The van der Waals surface area contributed by atoms with Crippen molar-refractivity contribution >= 4 is 5.90 Å². The summed E-state index contributed by atoms with van der Waals surface area (Å²) in [7, 11) is 0. The van der Waals surface area contributed by atoms with Gasteiger partial charge in [-0.1, -0.05) is 45.6 Å². The Morgan fingerprint density at radius 2 is 1.65 bits per heavy atom. The molecule has 0 N–H and O–H groups in total. The molecule has 2 heterocycles. The Labute approximate surface area is 158 Å². The lowest BCUT2D eigenvalue weighted by Gasteiger charge is -2.29. The molecule has 1 atom stereocenters. The Kier molecular flexibility index (Phi) is 5.61. The Balaban J connectivity index is 1.57. The molecule has 3 nitrogen and oxygen atoms in total. The lowest BCUT2D eigenvalue weighted by Crippen LogP contribution is -2.20. The van der Waals surface area contributed by atoms with Crippen molar-refractivity contribution < 1.29 is 4.74 Å². The van der Waals surface area contributed by atoms with Crippen molar-refractivity contribution in [1.29, 1.82) is 0 Å². The molecule has 3 heteroatoms. The fourth-order valence-electron chi connectivity index (χ4n) is 5.48. The zero-order valence-electron chi connectivity index (χ0n) is 16.5. The van der Waals surface area contributed by atoms with Crippen molar-refractivity contribution in [3.05, 3.63) is 29.6 Å². The quantitative estimate of drug-likeness (QED) is 0.653. The van der Waals surface area contributed by atoms with E-state index in [4.69, 9.17) is 14.7 Å². The van der Waals surface area contributed by atoms with Crippen LogP contribution in [0, 0.1) is 17.8 Å². The van der Waals surface area contributed by atoms with Crippen LogP contribution in [0.1, 0.15) is 88.9 Å². The molecule has 4 rings (SSSR count). The predicted molar refractivity (Wildman–Crippen MR) is 107 cm³/mol. The third-order valence-electron chi connectivity index (χ3n) is 6.60. The van der Waals surface area contributed by atoms with Crippen LogP contribution < -0.4 is 0 Å². The Morgan fingerprint density at radius 1 is 1.00 bits per heavy atom. The van der Waals surface area contributed by atoms with E-state index < -0.39 is 0 Å². The summed E-state index contributed by atoms with van der Waals surface area (Å²) in [6, 6.07) is 6.83. The fraction of sp³-hybridized carbons (Fsp3) is 0.739. The normalized spacial score (nSPS) is 24.6. The average Bonchev–Trinajstić information content (AvgIpc) is 3.38. The Hall–Kier alpha value is -1.38. The SMILES string of the molecule is CC(C)CC1COC(c2cccc(C(C3CCCC3)C3CCCC3)n2)=N1. The molecule has 0 amide bonds. The van der Waals surface area contributed by atoms with Crippen molar-refractivity contribution in [2.75, 3.05) is 6.61 Å². The molecular formula is C23H34N2O. The molecule has 1 aromatic heterocycles. The number of ether oxygens (including phenoxy) is 1. The van der Waals surface area contributed by atoms with Crippen molar-refractivity contribution in [1.82, 2.24) is 4.98 Å². The Bertz CT molecular complexity index is 611. The summed E-state index contributed by atoms with van der Waals surface area (Å²) in [5.74, 6) is 3.74. The van der Waals surface area contributed by atoms with Crippen LogP contribution in [0.3, 0.4) is 0 Å². The van der Waals surface area contributed by atoms with Gasteiger partial charge in [0.15, 0.2) is 0 Å². The molecule has 2 saturated carbocycles. The molecule has 3 aliphatic rings. The largest absolute Gasteiger partial charge is 0.474 e. The minimum absolute atomic E-state index is 0.302. The molecule has 0 saturated heterocycles. The molecule has 1 aliphatic heterocycles. The van der Waals surface area contributed by atoms with Crippen LogP contribution in [0.4, 0.5) is 0 Å². The van der Waals surface area contributed by atoms with Gasteiger partial charge in [-0.25, -0.2) is 9.98 Å². The summed E-state index contributed by atoms with van der Waals surface area (Å²) in [4.78, 5) is 9.93. The summed E-state index contributed by atoms with van der Waals surface area (Å²) in [5, 5.41) is 0. The molecule has 0 radical (unpaired) electrons. The first-order chi connectivity index (χ1) is 12.7. The molecule has 2 aliphatic carbocycles. The van der Waals surface area contributed by atoms with Crippen LogP contribution in [-0.4, -0.2) is 23.5 Å². The minimum atomic E-state index is 0.302. The van der Waals surface area contributed by atoms with Gasteiger partial charge in [0.05, 0.1) is 6.04 Å². The van der Waals surface area contributed by atoms with Crippen LogP contribution in [0.25, 0.3) is 0 Å². The average molecular weight is 355 g/mol. The van der Waals surface area contributed by atoms with Gasteiger partial charge >= 0.3 is 0 Å². The maximum absolute atomic E-state index is 5.93. The van der Waals surface area contributed by atoms with Gasteiger partial charge in [0.25, 0.3) is 0 Å². The number of aromatic nitrogens is 1. The highest BCUT2D eigenvalue weighted by molar-refractivity contribution is 5.93. The molecule has 26 heavy (non-hydrogen) atoms. The maximum Gasteiger partial charge on any atom is 0.235 e. The summed E-state index contributed by atoms with van der Waals surface area (Å²) >= 11 is 0. The van der Waals surface area contributed by atoms with Crippen molar-refractivity contribution in [2.45, 2.75) is 83.6 Å². The minimum Gasteiger partial charge on any atom is -0.474 e. The lowest BCUT2D eigenvalue weighted by atomic mass is 9.77. The monoisotopic (exact) mass is 354 g/mol. The van der Waals surface area contributed by atoms with Gasteiger partial charge in [-0.05, 0) is 62.0 Å². The van der Waals surface area contributed by atoms with E-state index in [-0.39, 0.29) is 0 Å². The van der Waals surface area contributed by atoms with Gasteiger partial charge in [0, 0.05) is 11.6 Å². The second-order valence-corrected chi connectivity index (χ2v) is 9.09. The summed E-state index contributed by atoms with van der Waals surface area (Å²) < 4.78 is 5.93. The number of hydrogen-bond donors (Lipinski definition) is 0. The summed E-state index contributed by atoms with van der Waals surface area (Å²) in [5.41, 5.74) is 2.26. The smallest absolute Gasteiger partial charge is 0.235 e. The van der Waals surface area contributed by atoms with Gasteiger partial charge in [-0.3, -0.25) is 0 Å². The number of nitrogens with zero attached hydrogens (tertiary/aromatic N) is 2. The van der Waals surface area contributed by atoms with Crippen molar-refractivity contribution in [2.24, 2.45) is 22.7 Å². The number of rotatable bonds is 6. The Morgan fingerprint density at radius 3 is 2.27 bits per heavy atom. The van der Waals surface area contributed by atoms with Crippen LogP contribution >= 0.6 is 0 Å². The molecule has 0 spiro atoms. The third kappa shape index (κ3) is 3.97. The standard InChI is InChI=1S/C23H34N2O/c1-16(2)14-19-15-26-23(24-19)21-13-7-12-20(25-21)22(17-8-3-4-9-17)18-10-5-6-11-18/h7,12-13,16-19,22H,3-6,8-11,14-15H2,1-2H3. The van der Waals surface area contributed by atoms with Crippen LogP contribution in [0.2, 0.25) is 0 Å².